The molecule has 4 rings (SSSR count). The van der Waals surface area contributed by atoms with Crippen LogP contribution in [0, 0.1) is 27.7 Å². The zero-order chi connectivity index (χ0) is 22.1. The largest absolute Gasteiger partial charge is 0.319 e. The van der Waals surface area contributed by atoms with Crippen molar-refractivity contribution in [2.45, 2.75) is 27.7 Å². The van der Waals surface area contributed by atoms with Crippen molar-refractivity contribution >= 4 is 27.5 Å². The summed E-state index contributed by atoms with van der Waals surface area (Å²) in [5.74, 6) is 0.406. The third-order valence-corrected chi connectivity index (χ3v) is 5.89. The fraction of sp³-hybridized carbons (Fsp3) is 0.160. The van der Waals surface area contributed by atoms with Gasteiger partial charge >= 0.3 is 0 Å². The second-order valence-corrected chi connectivity index (χ2v) is 8.58. The molecule has 0 atom stereocenters. The number of aryl methyl sites for hydroxylation is 3. The predicted molar refractivity (Wildman–Crippen MR) is 128 cm³/mol. The molecule has 0 aliphatic rings. The average Bonchev–Trinajstić information content (AvgIpc) is 3.18. The van der Waals surface area contributed by atoms with Gasteiger partial charge in [0.05, 0.1) is 5.69 Å². The second-order valence-electron chi connectivity index (χ2n) is 7.67. The lowest BCUT2D eigenvalue weighted by Gasteiger charge is -2.11. The van der Waals surface area contributed by atoms with Gasteiger partial charge in [0.1, 0.15) is 0 Å². The van der Waals surface area contributed by atoms with Gasteiger partial charge in [0.15, 0.2) is 5.82 Å². The van der Waals surface area contributed by atoms with E-state index < -0.39 is 0 Å². The Bertz CT molecular complexity index is 1280. The molecule has 0 radical (unpaired) electrons. The maximum atomic E-state index is 13.1. The average molecular weight is 475 g/mol. The van der Waals surface area contributed by atoms with Crippen molar-refractivity contribution < 1.29 is 4.79 Å². The molecular weight excluding hydrogens is 452 g/mol. The Morgan fingerprint density at radius 3 is 2.42 bits per heavy atom. The van der Waals surface area contributed by atoms with Crippen molar-refractivity contribution in [1.29, 1.82) is 0 Å². The molecule has 0 bridgehead atoms. The molecule has 1 amide bonds. The Hall–Kier alpha value is -3.25. The first kappa shape index (κ1) is 21.0. The maximum Gasteiger partial charge on any atom is 0.295 e. The number of nitrogens with zero attached hydrogens (tertiary/aromatic N) is 3. The van der Waals surface area contributed by atoms with Gasteiger partial charge < -0.3 is 5.32 Å². The fourth-order valence-corrected chi connectivity index (χ4v) is 3.64. The minimum atomic E-state index is -0.337. The van der Waals surface area contributed by atoms with E-state index in [9.17, 15) is 4.79 Å². The van der Waals surface area contributed by atoms with Crippen molar-refractivity contribution in [2.75, 3.05) is 5.32 Å². The molecule has 0 fully saturated rings. The summed E-state index contributed by atoms with van der Waals surface area (Å²) in [6, 6.07) is 19.8. The number of benzene rings is 3. The third kappa shape index (κ3) is 4.30. The number of rotatable bonds is 4. The molecule has 0 unspecified atom stereocenters. The predicted octanol–water partition coefficient (Wildman–Crippen LogP) is 6.18. The number of carbonyl (C=O) groups excluding carboxylic acids is 1. The quantitative estimate of drug-likeness (QED) is 0.383. The fourth-order valence-electron chi connectivity index (χ4n) is 3.38. The molecule has 1 N–H and O–H groups in total. The highest BCUT2D eigenvalue weighted by Crippen LogP contribution is 2.26. The number of aromatic nitrogens is 3. The number of anilines is 1. The van der Waals surface area contributed by atoms with E-state index in [0.29, 0.717) is 5.82 Å². The van der Waals surface area contributed by atoms with E-state index in [-0.39, 0.29) is 11.7 Å². The van der Waals surface area contributed by atoms with Gasteiger partial charge in [-0.15, -0.1) is 5.10 Å². The van der Waals surface area contributed by atoms with E-state index in [1.165, 1.54) is 0 Å². The van der Waals surface area contributed by atoms with Crippen molar-refractivity contribution in [3.05, 3.63) is 93.2 Å². The molecule has 0 saturated heterocycles. The molecule has 0 aliphatic heterocycles. The summed E-state index contributed by atoms with van der Waals surface area (Å²) < 4.78 is 2.73. The van der Waals surface area contributed by atoms with Crippen LogP contribution in [0.3, 0.4) is 0 Å². The molecule has 0 aliphatic carbocycles. The van der Waals surface area contributed by atoms with Crippen LogP contribution in [-0.2, 0) is 0 Å². The number of hydrogen-bond donors (Lipinski definition) is 1. The van der Waals surface area contributed by atoms with E-state index in [0.717, 1.165) is 43.7 Å². The van der Waals surface area contributed by atoms with Gasteiger partial charge in [0.25, 0.3) is 5.91 Å². The first-order chi connectivity index (χ1) is 14.8. The summed E-state index contributed by atoms with van der Waals surface area (Å²) in [7, 11) is 0. The topological polar surface area (TPSA) is 59.8 Å². The zero-order valence-corrected chi connectivity index (χ0v) is 19.5. The van der Waals surface area contributed by atoms with Gasteiger partial charge in [-0.25, -0.2) is 9.67 Å². The molecule has 1 heterocycles. The van der Waals surface area contributed by atoms with Gasteiger partial charge in [0.2, 0.25) is 5.82 Å². The highest BCUT2D eigenvalue weighted by atomic mass is 79.9. The van der Waals surface area contributed by atoms with Gasteiger partial charge in [-0.3, -0.25) is 4.79 Å². The lowest BCUT2D eigenvalue weighted by molar-refractivity contribution is 0.101. The summed E-state index contributed by atoms with van der Waals surface area (Å²) in [4.78, 5) is 17.7. The van der Waals surface area contributed by atoms with Gasteiger partial charge in [-0.2, -0.15) is 0 Å². The number of nitrogens with one attached hydrogen (secondary N) is 1. The van der Waals surface area contributed by atoms with Crippen LogP contribution in [0.5, 0.6) is 0 Å². The molecular formula is C25H23BrN4O. The SMILES string of the molecule is Cc1ccc(C)c(NC(=O)c2nc(-c3ccc(Br)cc3)n(-c3cccc(C)c3C)n2)c1. The Morgan fingerprint density at radius 2 is 1.68 bits per heavy atom. The molecule has 0 spiro atoms. The summed E-state index contributed by atoms with van der Waals surface area (Å²) in [6.45, 7) is 8.06. The molecule has 0 saturated carbocycles. The van der Waals surface area contributed by atoms with Gasteiger partial charge in [0, 0.05) is 15.7 Å². The Morgan fingerprint density at radius 1 is 0.935 bits per heavy atom. The van der Waals surface area contributed by atoms with E-state index in [1.54, 1.807) is 4.68 Å². The van der Waals surface area contributed by atoms with E-state index in [1.807, 2.05) is 75.4 Å². The summed E-state index contributed by atoms with van der Waals surface area (Å²) in [6.07, 6.45) is 0. The lowest BCUT2D eigenvalue weighted by Crippen LogP contribution is -2.15. The molecule has 4 aromatic rings. The molecule has 1 aromatic heterocycles. The van der Waals surface area contributed by atoms with Crippen molar-refractivity contribution in [2.24, 2.45) is 0 Å². The lowest BCUT2D eigenvalue weighted by atomic mass is 10.1. The second kappa shape index (κ2) is 8.47. The maximum absolute atomic E-state index is 13.1. The Kier molecular flexibility index (Phi) is 5.74. The van der Waals surface area contributed by atoms with Gasteiger partial charge in [-0.05, 0) is 74.2 Å². The minimum Gasteiger partial charge on any atom is -0.319 e. The molecule has 6 heteroatoms. The summed E-state index contributed by atoms with van der Waals surface area (Å²) in [5.41, 5.74) is 6.84. The van der Waals surface area contributed by atoms with Crippen molar-refractivity contribution in [3.63, 3.8) is 0 Å². The third-order valence-electron chi connectivity index (χ3n) is 5.36. The van der Waals surface area contributed by atoms with E-state index in [2.05, 4.69) is 44.3 Å². The smallest absolute Gasteiger partial charge is 0.295 e. The molecule has 156 valence electrons. The number of hydrogen-bond acceptors (Lipinski definition) is 3. The van der Waals surface area contributed by atoms with E-state index in [4.69, 9.17) is 0 Å². The number of amides is 1. The Balaban J connectivity index is 1.81. The Labute approximate surface area is 190 Å². The zero-order valence-electron chi connectivity index (χ0n) is 17.9. The van der Waals surface area contributed by atoms with Crippen LogP contribution in [0.4, 0.5) is 5.69 Å². The van der Waals surface area contributed by atoms with Crippen LogP contribution < -0.4 is 5.32 Å². The normalized spacial score (nSPS) is 10.9. The van der Waals surface area contributed by atoms with Crippen LogP contribution in [0.2, 0.25) is 0 Å². The molecule has 5 nitrogen and oxygen atoms in total. The van der Waals surface area contributed by atoms with E-state index >= 15 is 0 Å². The highest BCUT2D eigenvalue weighted by Gasteiger charge is 2.20. The monoisotopic (exact) mass is 474 g/mol. The number of halogens is 1. The van der Waals surface area contributed by atoms with Gasteiger partial charge in [-0.1, -0.05) is 52.3 Å². The van der Waals surface area contributed by atoms with Crippen LogP contribution in [0.1, 0.15) is 32.9 Å². The molecule has 31 heavy (non-hydrogen) atoms. The number of carbonyl (C=O) groups is 1. The van der Waals surface area contributed by atoms with Crippen LogP contribution in [0.25, 0.3) is 17.1 Å². The van der Waals surface area contributed by atoms with Crippen molar-refractivity contribution in [3.8, 4) is 17.1 Å². The van der Waals surface area contributed by atoms with Crippen LogP contribution in [-0.4, -0.2) is 20.7 Å². The molecule has 3 aromatic carbocycles. The standard InChI is InChI=1S/C25H23BrN4O/c1-15-8-9-17(3)21(14-15)27-25(31)23-28-24(19-10-12-20(26)13-11-19)30(29-23)22-7-5-6-16(2)18(22)4/h5-14H,1-4H3,(H,27,31). The highest BCUT2D eigenvalue weighted by molar-refractivity contribution is 9.10. The summed E-state index contributed by atoms with van der Waals surface area (Å²) >= 11 is 3.47. The first-order valence-electron chi connectivity index (χ1n) is 10.0. The van der Waals surface area contributed by atoms with Crippen molar-refractivity contribution in [1.82, 2.24) is 14.8 Å². The van der Waals surface area contributed by atoms with Crippen LogP contribution >= 0.6 is 15.9 Å². The summed E-state index contributed by atoms with van der Waals surface area (Å²) in [5, 5.41) is 7.57. The first-order valence-corrected chi connectivity index (χ1v) is 10.8. The van der Waals surface area contributed by atoms with Crippen LogP contribution in [0.15, 0.2) is 65.1 Å². The minimum absolute atomic E-state index is 0.125.